The van der Waals surface area contributed by atoms with Crippen molar-refractivity contribution in [2.45, 2.75) is 51.6 Å². The maximum absolute atomic E-state index is 12.5. The number of fused-ring (bicyclic) bond motifs is 1. The monoisotopic (exact) mass is 363 g/mol. The zero-order valence-electron chi connectivity index (χ0n) is 14.3. The summed E-state index contributed by atoms with van der Waals surface area (Å²) in [5.41, 5.74) is -1.49. The fourth-order valence-corrected chi connectivity index (χ4v) is 4.21. The Kier molecular flexibility index (Phi) is 4.09. The predicted octanol–water partition coefficient (Wildman–Crippen LogP) is 0.617. The number of hydrogen-bond donors (Lipinski definition) is 0. The van der Waals surface area contributed by atoms with Crippen molar-refractivity contribution in [3.63, 3.8) is 0 Å². The van der Waals surface area contributed by atoms with Gasteiger partial charge in [-0.05, 0) is 20.3 Å². The Morgan fingerprint density at radius 1 is 1.32 bits per heavy atom. The van der Waals surface area contributed by atoms with Gasteiger partial charge in [0.1, 0.15) is 17.2 Å². The average molecular weight is 363 g/mol. The van der Waals surface area contributed by atoms with Crippen molar-refractivity contribution in [3.05, 3.63) is 43.1 Å². The molecular formula is C16H21N5O3S. The molecule has 0 unspecified atom stereocenters. The molecule has 0 saturated carbocycles. The number of aromatic nitrogens is 4. The summed E-state index contributed by atoms with van der Waals surface area (Å²) in [5.74, 6) is 0.530. The van der Waals surface area contributed by atoms with Gasteiger partial charge in [-0.2, -0.15) is 5.10 Å². The van der Waals surface area contributed by atoms with Gasteiger partial charge in [0.25, 0.3) is 0 Å². The molecule has 0 radical (unpaired) electrons. The molecule has 0 amide bonds. The van der Waals surface area contributed by atoms with Gasteiger partial charge in [-0.15, -0.1) is 11.3 Å². The van der Waals surface area contributed by atoms with E-state index < -0.39 is 16.7 Å². The molecule has 0 bridgehead atoms. The standard InChI is InChI=1S/C16H21N5O3S/c1-11(2)21-15(23)14(22)20-10-16(24-8-12(20)18-21)3-5-19(9-16)7-13-17-4-6-25-13/h4,6,11H,3,5,7-10H2,1-2H3/t16-/m1/s1. The first kappa shape index (κ1) is 16.6. The van der Waals surface area contributed by atoms with E-state index in [4.69, 9.17) is 4.74 Å². The zero-order valence-corrected chi connectivity index (χ0v) is 15.2. The molecule has 4 heterocycles. The van der Waals surface area contributed by atoms with Crippen LogP contribution in [0.5, 0.6) is 0 Å². The second-order valence-electron chi connectivity index (χ2n) is 7.01. The minimum absolute atomic E-state index is 0.151. The molecule has 1 saturated heterocycles. The number of hydrogen-bond acceptors (Lipinski definition) is 7. The van der Waals surface area contributed by atoms with Gasteiger partial charge in [-0.1, -0.05) is 0 Å². The third kappa shape index (κ3) is 2.96. The third-order valence-corrected chi connectivity index (χ3v) is 5.62. The topological polar surface area (TPSA) is 82.3 Å². The minimum Gasteiger partial charge on any atom is -0.364 e. The van der Waals surface area contributed by atoms with E-state index in [1.54, 1.807) is 11.3 Å². The van der Waals surface area contributed by atoms with Crippen molar-refractivity contribution in [3.8, 4) is 0 Å². The molecule has 2 aliphatic heterocycles. The van der Waals surface area contributed by atoms with Crippen LogP contribution in [0, 0.1) is 0 Å². The van der Waals surface area contributed by atoms with Crippen molar-refractivity contribution in [2.24, 2.45) is 0 Å². The molecule has 0 N–H and O–H groups in total. The van der Waals surface area contributed by atoms with Crippen LogP contribution in [0.3, 0.4) is 0 Å². The zero-order chi connectivity index (χ0) is 17.6. The molecule has 2 aliphatic rings. The smallest absolute Gasteiger partial charge is 0.332 e. The van der Waals surface area contributed by atoms with Crippen molar-refractivity contribution in [1.82, 2.24) is 24.2 Å². The Labute approximate surface area is 148 Å². The van der Waals surface area contributed by atoms with Crippen LogP contribution in [0.2, 0.25) is 0 Å². The molecule has 1 fully saturated rings. The van der Waals surface area contributed by atoms with Crippen molar-refractivity contribution >= 4 is 11.3 Å². The van der Waals surface area contributed by atoms with Crippen LogP contribution in [-0.4, -0.2) is 42.9 Å². The number of ether oxygens (including phenoxy) is 1. The van der Waals surface area contributed by atoms with Gasteiger partial charge in [0, 0.05) is 24.7 Å². The van der Waals surface area contributed by atoms with E-state index in [0.717, 1.165) is 31.1 Å². The Balaban J connectivity index is 1.58. The normalized spacial score (nSPS) is 23.5. The lowest BCUT2D eigenvalue weighted by atomic mass is 10.0. The summed E-state index contributed by atoms with van der Waals surface area (Å²) in [6.45, 7) is 6.72. The number of likely N-dealkylation sites (tertiary alicyclic amines) is 1. The molecule has 134 valence electrons. The molecule has 0 aromatic carbocycles. The second-order valence-corrected chi connectivity index (χ2v) is 7.99. The molecule has 4 rings (SSSR count). The predicted molar refractivity (Wildman–Crippen MR) is 92.7 cm³/mol. The van der Waals surface area contributed by atoms with Crippen LogP contribution >= 0.6 is 11.3 Å². The van der Waals surface area contributed by atoms with E-state index >= 15 is 0 Å². The summed E-state index contributed by atoms with van der Waals surface area (Å²) in [6.07, 6.45) is 2.64. The summed E-state index contributed by atoms with van der Waals surface area (Å²) >= 11 is 1.64. The molecule has 25 heavy (non-hydrogen) atoms. The SMILES string of the molecule is CC(C)n1nc2n(c(=O)c1=O)C[C@]1(CCN(Cc3nccs3)C1)OC2. The molecule has 0 aliphatic carbocycles. The lowest BCUT2D eigenvalue weighted by Gasteiger charge is -2.35. The number of rotatable bonds is 3. The van der Waals surface area contributed by atoms with Crippen LogP contribution in [0.4, 0.5) is 0 Å². The maximum Gasteiger partial charge on any atom is 0.332 e. The second kappa shape index (κ2) is 6.15. The number of thiazole rings is 1. The van der Waals surface area contributed by atoms with E-state index in [9.17, 15) is 9.59 Å². The van der Waals surface area contributed by atoms with Gasteiger partial charge < -0.3 is 4.74 Å². The van der Waals surface area contributed by atoms with Crippen LogP contribution in [0.25, 0.3) is 0 Å². The van der Waals surface area contributed by atoms with Crippen LogP contribution in [0.1, 0.15) is 37.1 Å². The van der Waals surface area contributed by atoms with Crippen molar-refractivity contribution < 1.29 is 4.74 Å². The van der Waals surface area contributed by atoms with Gasteiger partial charge in [-0.3, -0.25) is 19.1 Å². The third-order valence-electron chi connectivity index (χ3n) is 4.85. The van der Waals surface area contributed by atoms with E-state index in [1.807, 2.05) is 25.4 Å². The van der Waals surface area contributed by atoms with E-state index in [1.165, 1.54) is 9.25 Å². The summed E-state index contributed by atoms with van der Waals surface area (Å²) in [6, 6.07) is -0.151. The molecule has 1 atom stereocenters. The highest BCUT2D eigenvalue weighted by molar-refractivity contribution is 7.09. The van der Waals surface area contributed by atoms with Crippen molar-refractivity contribution in [2.75, 3.05) is 13.1 Å². The highest BCUT2D eigenvalue weighted by Gasteiger charge is 2.43. The Morgan fingerprint density at radius 3 is 2.88 bits per heavy atom. The van der Waals surface area contributed by atoms with Crippen LogP contribution in [0.15, 0.2) is 21.2 Å². The fourth-order valence-electron chi connectivity index (χ4n) is 3.56. The van der Waals surface area contributed by atoms with Gasteiger partial charge in [0.05, 0.1) is 19.1 Å². The van der Waals surface area contributed by atoms with Gasteiger partial charge in [0.15, 0.2) is 5.82 Å². The lowest BCUT2D eigenvalue weighted by Crippen LogP contribution is -2.53. The summed E-state index contributed by atoms with van der Waals surface area (Å²) in [4.78, 5) is 31.4. The largest absolute Gasteiger partial charge is 0.364 e. The van der Waals surface area contributed by atoms with Gasteiger partial charge >= 0.3 is 11.1 Å². The first-order chi connectivity index (χ1) is 12.0. The molecule has 1 spiro atoms. The average Bonchev–Trinajstić information content (AvgIpc) is 3.22. The highest BCUT2D eigenvalue weighted by atomic mass is 32.1. The fraction of sp³-hybridized carbons (Fsp3) is 0.625. The molecule has 2 aromatic rings. The van der Waals surface area contributed by atoms with Gasteiger partial charge in [-0.25, -0.2) is 9.67 Å². The summed E-state index contributed by atoms with van der Waals surface area (Å²) in [7, 11) is 0. The van der Waals surface area contributed by atoms with Gasteiger partial charge in [0.2, 0.25) is 0 Å². The van der Waals surface area contributed by atoms with Crippen LogP contribution in [-0.2, 0) is 24.4 Å². The Bertz CT molecular complexity index is 888. The highest BCUT2D eigenvalue weighted by Crippen LogP contribution is 2.32. The first-order valence-corrected chi connectivity index (χ1v) is 9.33. The molecular weight excluding hydrogens is 342 g/mol. The molecule has 2 aromatic heterocycles. The summed E-state index contributed by atoms with van der Waals surface area (Å²) in [5, 5.41) is 7.38. The summed E-state index contributed by atoms with van der Waals surface area (Å²) < 4.78 is 8.90. The van der Waals surface area contributed by atoms with E-state index in [2.05, 4.69) is 15.0 Å². The minimum atomic E-state index is -0.562. The molecule has 9 heteroatoms. The Morgan fingerprint density at radius 2 is 2.16 bits per heavy atom. The maximum atomic E-state index is 12.5. The van der Waals surface area contributed by atoms with Crippen molar-refractivity contribution in [1.29, 1.82) is 0 Å². The van der Waals surface area contributed by atoms with E-state index in [0.29, 0.717) is 12.4 Å². The van der Waals surface area contributed by atoms with E-state index in [-0.39, 0.29) is 12.6 Å². The Hall–Kier alpha value is -1.84. The lowest BCUT2D eigenvalue weighted by molar-refractivity contribution is -0.0860. The molecule has 8 nitrogen and oxygen atoms in total. The quantitative estimate of drug-likeness (QED) is 0.744. The number of nitrogens with zero attached hydrogens (tertiary/aromatic N) is 5. The first-order valence-electron chi connectivity index (χ1n) is 8.45. The van der Waals surface area contributed by atoms with Crippen LogP contribution < -0.4 is 11.1 Å².